The van der Waals surface area contributed by atoms with Crippen molar-refractivity contribution in [2.24, 2.45) is 0 Å². The SMILES string of the molecule is C[N+](C)(CCCOC(=O)C(F)(F)C(F)(F)F)CC(=O)[O-].FCN1C(F)(F)C(F)(F)OC(F)(F)C1(F)F. The fraction of sp³-hybridized carbons (Fsp3) is 0.867. The Hall–Kier alpha value is -2.16. The van der Waals surface area contributed by atoms with Crippen LogP contribution in [0.5, 0.6) is 0 Å². The molecule has 21 heteroatoms. The number of ether oxygens (including phenoxy) is 2. The molecular formula is C15H16F14N2O5. The number of carbonyl (C=O) groups is 2. The lowest BCUT2D eigenvalue weighted by molar-refractivity contribution is -0.885. The van der Waals surface area contributed by atoms with Gasteiger partial charge in [-0.25, -0.2) is 13.9 Å². The molecule has 1 aliphatic heterocycles. The van der Waals surface area contributed by atoms with Crippen molar-refractivity contribution in [2.45, 2.75) is 42.8 Å². The van der Waals surface area contributed by atoms with Gasteiger partial charge in [-0.3, -0.25) is 0 Å². The third kappa shape index (κ3) is 7.43. The van der Waals surface area contributed by atoms with Gasteiger partial charge in [-0.05, 0) is 0 Å². The van der Waals surface area contributed by atoms with Crippen LogP contribution < -0.4 is 5.11 Å². The van der Waals surface area contributed by atoms with Crippen LogP contribution in [0.4, 0.5) is 61.5 Å². The Morgan fingerprint density at radius 2 is 1.33 bits per heavy atom. The van der Waals surface area contributed by atoms with Crippen molar-refractivity contribution in [3.8, 4) is 0 Å². The fourth-order valence-electron chi connectivity index (χ4n) is 2.22. The summed E-state index contributed by atoms with van der Waals surface area (Å²) in [7, 11) is 2.98. The number of morpholine rings is 1. The first kappa shape index (κ1) is 33.8. The molecule has 0 unspecified atom stereocenters. The van der Waals surface area contributed by atoms with Gasteiger partial charge in [0.2, 0.25) is 0 Å². The lowest BCUT2D eigenvalue weighted by atomic mass is 10.3. The highest BCUT2D eigenvalue weighted by Gasteiger charge is 2.82. The van der Waals surface area contributed by atoms with E-state index in [1.807, 2.05) is 4.74 Å². The summed E-state index contributed by atoms with van der Waals surface area (Å²) < 4.78 is 177. The highest BCUT2D eigenvalue weighted by Crippen LogP contribution is 2.55. The molecule has 1 heterocycles. The molecule has 1 rings (SSSR count). The van der Waals surface area contributed by atoms with Crippen molar-refractivity contribution < 1.29 is 90.1 Å². The second-order valence-corrected chi connectivity index (χ2v) is 7.52. The molecule has 7 nitrogen and oxygen atoms in total. The van der Waals surface area contributed by atoms with Crippen molar-refractivity contribution in [1.82, 2.24) is 4.90 Å². The third-order valence-corrected chi connectivity index (χ3v) is 4.06. The zero-order valence-corrected chi connectivity index (χ0v) is 17.8. The Balaban J connectivity index is 0.000000696. The first-order valence-electron chi connectivity index (χ1n) is 8.88. The van der Waals surface area contributed by atoms with E-state index in [1.54, 1.807) is 0 Å². The van der Waals surface area contributed by atoms with Crippen molar-refractivity contribution in [1.29, 1.82) is 0 Å². The highest BCUT2D eigenvalue weighted by molar-refractivity contribution is 5.78. The van der Waals surface area contributed by atoms with Crippen LogP contribution in [0.15, 0.2) is 0 Å². The summed E-state index contributed by atoms with van der Waals surface area (Å²) in [5.74, 6) is -9.56. The predicted octanol–water partition coefficient (Wildman–Crippen LogP) is 2.56. The smallest absolute Gasteiger partial charge is 0.465 e. The Morgan fingerprint density at radius 3 is 1.67 bits per heavy atom. The molecule has 0 aliphatic carbocycles. The molecule has 0 aromatic heterocycles. The predicted molar refractivity (Wildman–Crippen MR) is 82.1 cm³/mol. The van der Waals surface area contributed by atoms with Crippen molar-refractivity contribution in [3.05, 3.63) is 0 Å². The summed E-state index contributed by atoms with van der Waals surface area (Å²) in [6.45, 7) is -3.85. The van der Waals surface area contributed by atoms with Crippen LogP contribution >= 0.6 is 0 Å². The standard InChI is InChI=1S/C10H14F5NO4.C5H2F9NO/c1-16(2,6-7(17)18)4-3-5-20-8(19)9(11,12)10(13,14)15;6-1-15-2(7,8)4(11,12)16-5(13,14)3(15,9)10/h3-6H2,1-2H3;1H2. The highest BCUT2D eigenvalue weighted by atomic mass is 19.4. The molecule has 1 fully saturated rings. The molecule has 1 saturated heterocycles. The van der Waals surface area contributed by atoms with Gasteiger partial charge >= 0.3 is 42.4 Å². The summed E-state index contributed by atoms with van der Waals surface area (Å²) in [6, 6.07) is -11.8. The number of hydrogen-bond donors (Lipinski definition) is 0. The number of halogens is 14. The number of aliphatic carboxylic acids is 1. The molecule has 0 spiro atoms. The van der Waals surface area contributed by atoms with Crippen LogP contribution in [0.1, 0.15) is 6.42 Å². The van der Waals surface area contributed by atoms with Crippen molar-refractivity contribution in [3.63, 3.8) is 0 Å². The number of quaternary nitrogens is 1. The second-order valence-electron chi connectivity index (χ2n) is 7.52. The Bertz CT molecular complexity index is 761. The number of carbonyl (C=O) groups excluding carboxylic acids is 2. The van der Waals surface area contributed by atoms with E-state index in [-0.39, 0.29) is 24.0 Å². The monoisotopic (exact) mass is 570 g/mol. The number of alkyl halides is 14. The minimum absolute atomic E-state index is 0.0695. The topological polar surface area (TPSA) is 78.9 Å². The summed E-state index contributed by atoms with van der Waals surface area (Å²) >= 11 is 0. The Kier molecular flexibility index (Phi) is 10.0. The molecule has 0 bridgehead atoms. The van der Waals surface area contributed by atoms with E-state index in [1.165, 1.54) is 14.1 Å². The van der Waals surface area contributed by atoms with E-state index in [9.17, 15) is 76.2 Å². The number of rotatable bonds is 8. The van der Waals surface area contributed by atoms with E-state index in [2.05, 4.69) is 4.74 Å². The van der Waals surface area contributed by atoms with Gasteiger partial charge in [-0.1, -0.05) is 0 Å². The van der Waals surface area contributed by atoms with Gasteiger partial charge < -0.3 is 19.1 Å². The third-order valence-electron chi connectivity index (χ3n) is 4.06. The summed E-state index contributed by atoms with van der Waals surface area (Å²) in [5, 5.41) is 10.4. The van der Waals surface area contributed by atoms with E-state index < -0.39 is 66.7 Å². The maximum atomic E-state index is 12.5. The lowest BCUT2D eigenvalue weighted by Gasteiger charge is -2.45. The van der Waals surface area contributed by atoms with Crippen LogP contribution in [0.25, 0.3) is 0 Å². The largest absolute Gasteiger partial charge is 0.544 e. The molecule has 36 heavy (non-hydrogen) atoms. The average molecular weight is 570 g/mol. The number of likely N-dealkylation sites (N-methyl/N-ethyl adjacent to an activating group) is 1. The zero-order chi connectivity index (χ0) is 29.2. The summed E-state index contributed by atoms with van der Waals surface area (Å²) in [4.78, 5) is 18.7. The van der Waals surface area contributed by atoms with Gasteiger partial charge in [-0.15, -0.1) is 4.90 Å². The Morgan fingerprint density at radius 1 is 0.917 bits per heavy atom. The summed E-state index contributed by atoms with van der Waals surface area (Å²) in [5.41, 5.74) is 0. The van der Waals surface area contributed by atoms with Crippen LogP contribution in [-0.4, -0.2) is 98.3 Å². The van der Waals surface area contributed by atoms with Gasteiger partial charge in [0.15, 0.2) is 6.80 Å². The van der Waals surface area contributed by atoms with Crippen LogP contribution in [0.3, 0.4) is 0 Å². The minimum atomic E-state index is -6.01. The molecule has 0 amide bonds. The molecule has 0 saturated carbocycles. The minimum Gasteiger partial charge on any atom is -0.544 e. The maximum absolute atomic E-state index is 12.5. The number of nitrogens with zero attached hydrogens (tertiary/aromatic N) is 2. The molecule has 1 aliphatic rings. The zero-order valence-electron chi connectivity index (χ0n) is 17.8. The molecule has 214 valence electrons. The van der Waals surface area contributed by atoms with Gasteiger partial charge in [0.05, 0.1) is 33.2 Å². The fourth-order valence-corrected chi connectivity index (χ4v) is 2.22. The Labute approximate surface area is 191 Å². The van der Waals surface area contributed by atoms with Gasteiger partial charge in [0.25, 0.3) is 0 Å². The number of esters is 1. The normalized spacial score (nSPS) is 21.2. The first-order chi connectivity index (χ1) is 15.7. The quantitative estimate of drug-likeness (QED) is 0.147. The molecule has 0 aromatic rings. The lowest BCUT2D eigenvalue weighted by Crippen LogP contribution is -2.73. The van der Waals surface area contributed by atoms with Crippen LogP contribution in [0, 0.1) is 0 Å². The molecule has 0 N–H and O–H groups in total. The van der Waals surface area contributed by atoms with E-state index in [0.717, 1.165) is 0 Å². The first-order valence-corrected chi connectivity index (χ1v) is 8.88. The van der Waals surface area contributed by atoms with E-state index >= 15 is 0 Å². The molecule has 0 aromatic carbocycles. The average Bonchev–Trinajstić information content (AvgIpc) is 2.61. The maximum Gasteiger partial charge on any atom is 0.465 e. The summed E-state index contributed by atoms with van der Waals surface area (Å²) in [6.07, 6.45) is -18.0. The number of carboxylic acid groups (broad SMARTS) is 1. The number of carboxylic acids is 1. The van der Waals surface area contributed by atoms with Gasteiger partial charge in [-0.2, -0.15) is 57.1 Å². The van der Waals surface area contributed by atoms with E-state index in [4.69, 9.17) is 0 Å². The van der Waals surface area contributed by atoms with Crippen molar-refractivity contribution >= 4 is 11.9 Å². The molecule has 0 radical (unpaired) electrons. The van der Waals surface area contributed by atoms with Gasteiger partial charge in [0.1, 0.15) is 6.54 Å². The van der Waals surface area contributed by atoms with E-state index in [0.29, 0.717) is 0 Å². The number of hydrogen-bond acceptors (Lipinski definition) is 6. The van der Waals surface area contributed by atoms with Crippen LogP contribution in [-0.2, 0) is 19.1 Å². The molecule has 0 atom stereocenters. The molecular weight excluding hydrogens is 554 g/mol. The second kappa shape index (κ2) is 10.7. The van der Waals surface area contributed by atoms with Gasteiger partial charge in [0, 0.05) is 6.42 Å². The van der Waals surface area contributed by atoms with Crippen molar-refractivity contribution in [2.75, 3.05) is 40.6 Å². The van der Waals surface area contributed by atoms with Crippen LogP contribution in [0.2, 0.25) is 0 Å².